The van der Waals surface area contributed by atoms with Gasteiger partial charge in [0.1, 0.15) is 5.54 Å². The number of hydrogen-bond donors (Lipinski definition) is 2. The van der Waals surface area contributed by atoms with Crippen molar-refractivity contribution in [3.05, 3.63) is 0 Å². The molecule has 1 saturated carbocycles. The van der Waals surface area contributed by atoms with Crippen molar-refractivity contribution in [2.45, 2.75) is 89.5 Å². The molecule has 2 rings (SSSR count). The molecule has 2 fully saturated rings. The fraction of sp³-hybridized carbons (Fsp3) is 0.882. The highest BCUT2D eigenvalue weighted by atomic mass is 16.2. The summed E-state index contributed by atoms with van der Waals surface area (Å²) in [5.74, 6) is 0.251. The molecule has 0 aromatic rings. The fourth-order valence-corrected chi connectivity index (χ4v) is 3.95. The van der Waals surface area contributed by atoms with Crippen LogP contribution in [0.3, 0.4) is 0 Å². The van der Waals surface area contributed by atoms with Gasteiger partial charge in [-0.05, 0) is 25.2 Å². The highest BCUT2D eigenvalue weighted by Crippen LogP contribution is 2.37. The van der Waals surface area contributed by atoms with E-state index in [0.717, 1.165) is 32.1 Å². The van der Waals surface area contributed by atoms with Crippen molar-refractivity contribution < 1.29 is 9.59 Å². The van der Waals surface area contributed by atoms with Gasteiger partial charge in [0.25, 0.3) is 5.91 Å². The summed E-state index contributed by atoms with van der Waals surface area (Å²) < 4.78 is 0. The van der Waals surface area contributed by atoms with Gasteiger partial charge in [-0.15, -0.1) is 0 Å². The van der Waals surface area contributed by atoms with Crippen molar-refractivity contribution in [1.82, 2.24) is 10.6 Å². The molecule has 1 unspecified atom stereocenters. The molecule has 0 aromatic heterocycles. The summed E-state index contributed by atoms with van der Waals surface area (Å²) in [6.45, 7) is 2.22. The van der Waals surface area contributed by atoms with Crippen LogP contribution < -0.4 is 10.6 Å². The van der Waals surface area contributed by atoms with E-state index in [1.165, 1.54) is 44.9 Å². The molecule has 1 aliphatic heterocycles. The van der Waals surface area contributed by atoms with Gasteiger partial charge in [-0.1, -0.05) is 64.7 Å². The van der Waals surface area contributed by atoms with E-state index in [1.807, 2.05) is 0 Å². The molecule has 0 aromatic carbocycles. The molecule has 2 aliphatic rings. The Hall–Kier alpha value is -1.06. The number of amides is 3. The highest BCUT2D eigenvalue weighted by molar-refractivity contribution is 6.07. The minimum atomic E-state index is -0.609. The summed E-state index contributed by atoms with van der Waals surface area (Å²) in [5, 5.41) is 5.47. The maximum Gasteiger partial charge on any atom is 0.322 e. The minimum absolute atomic E-state index is 0.0760. The molecule has 1 heterocycles. The number of nitrogens with one attached hydrogen (secondary N) is 2. The summed E-state index contributed by atoms with van der Waals surface area (Å²) in [7, 11) is 0. The van der Waals surface area contributed by atoms with Crippen molar-refractivity contribution in [2.75, 3.05) is 0 Å². The van der Waals surface area contributed by atoms with Crippen LogP contribution in [0.5, 0.6) is 0 Å². The van der Waals surface area contributed by atoms with E-state index in [1.54, 1.807) is 0 Å². The van der Waals surface area contributed by atoms with E-state index in [9.17, 15) is 9.59 Å². The van der Waals surface area contributed by atoms with Gasteiger partial charge >= 0.3 is 6.03 Å². The van der Waals surface area contributed by atoms with Crippen LogP contribution in [0.25, 0.3) is 0 Å². The Morgan fingerprint density at radius 1 is 1.00 bits per heavy atom. The maximum atomic E-state index is 12.4. The Kier molecular flexibility index (Phi) is 6.07. The Morgan fingerprint density at radius 3 is 2.29 bits per heavy atom. The van der Waals surface area contributed by atoms with E-state index >= 15 is 0 Å². The second-order valence-electron chi connectivity index (χ2n) is 6.73. The van der Waals surface area contributed by atoms with E-state index in [2.05, 4.69) is 17.6 Å². The summed E-state index contributed by atoms with van der Waals surface area (Å²) in [6, 6.07) is -0.295. The van der Waals surface area contributed by atoms with Crippen LogP contribution in [-0.4, -0.2) is 17.5 Å². The molecule has 1 atom stereocenters. The van der Waals surface area contributed by atoms with E-state index in [4.69, 9.17) is 0 Å². The van der Waals surface area contributed by atoms with Crippen LogP contribution in [0.15, 0.2) is 0 Å². The predicted octanol–water partition coefficient (Wildman–Crippen LogP) is 3.90. The number of urea groups is 1. The Bertz CT molecular complexity index is 364. The smallest absolute Gasteiger partial charge is 0.322 e. The van der Waals surface area contributed by atoms with Crippen LogP contribution in [-0.2, 0) is 4.79 Å². The number of hydrogen-bond acceptors (Lipinski definition) is 2. The second kappa shape index (κ2) is 7.81. The van der Waals surface area contributed by atoms with Crippen LogP contribution >= 0.6 is 0 Å². The molecule has 21 heavy (non-hydrogen) atoms. The molecule has 1 saturated heterocycles. The number of carbonyl (C=O) groups excluding carboxylic acids is 2. The van der Waals surface area contributed by atoms with Gasteiger partial charge in [0.15, 0.2) is 0 Å². The lowest BCUT2D eigenvalue weighted by atomic mass is 9.72. The summed E-state index contributed by atoms with van der Waals surface area (Å²) in [5.41, 5.74) is -0.609. The molecule has 4 nitrogen and oxygen atoms in total. The lowest BCUT2D eigenvalue weighted by Gasteiger charge is -2.37. The van der Waals surface area contributed by atoms with Crippen molar-refractivity contribution in [1.29, 1.82) is 0 Å². The van der Waals surface area contributed by atoms with Gasteiger partial charge in [0.05, 0.1) is 0 Å². The van der Waals surface area contributed by atoms with Crippen LogP contribution in [0, 0.1) is 5.92 Å². The first-order valence-electron chi connectivity index (χ1n) is 8.82. The molecule has 4 heteroatoms. The zero-order valence-electron chi connectivity index (χ0n) is 13.4. The lowest BCUT2D eigenvalue weighted by molar-refractivity contribution is -0.126. The molecule has 1 aliphatic carbocycles. The van der Waals surface area contributed by atoms with Gasteiger partial charge in [0, 0.05) is 0 Å². The van der Waals surface area contributed by atoms with Gasteiger partial charge < -0.3 is 5.32 Å². The molecule has 0 radical (unpaired) electrons. The minimum Gasteiger partial charge on any atom is -0.323 e. The summed E-state index contributed by atoms with van der Waals surface area (Å²) >= 11 is 0. The molecule has 2 N–H and O–H groups in total. The number of rotatable bonds is 8. The van der Waals surface area contributed by atoms with Crippen molar-refractivity contribution in [3.63, 3.8) is 0 Å². The monoisotopic (exact) mass is 294 g/mol. The molecule has 0 spiro atoms. The van der Waals surface area contributed by atoms with E-state index in [-0.39, 0.29) is 11.9 Å². The van der Waals surface area contributed by atoms with Crippen LogP contribution in [0.1, 0.15) is 84.0 Å². The van der Waals surface area contributed by atoms with Gasteiger partial charge in [-0.3, -0.25) is 10.1 Å². The normalized spacial score (nSPS) is 26.7. The topological polar surface area (TPSA) is 58.2 Å². The first-order valence-corrected chi connectivity index (χ1v) is 8.82. The Balaban J connectivity index is 1.90. The standard InChI is InChI=1S/C17H30N2O2/c1-2-3-4-5-6-10-13-17(14-11-8-7-9-12-14)15(20)18-16(21)19-17/h14H,2-13H2,1H3,(H2,18,19,20,21). The largest absolute Gasteiger partial charge is 0.323 e. The van der Waals surface area contributed by atoms with Gasteiger partial charge in [-0.2, -0.15) is 0 Å². The third-order valence-electron chi connectivity index (χ3n) is 5.20. The SMILES string of the molecule is CCCCCCCCC1(C2CCCCC2)NC(=O)NC1=O. The second-order valence-corrected chi connectivity index (χ2v) is 6.73. The Labute approximate surface area is 128 Å². The summed E-state index contributed by atoms with van der Waals surface area (Å²) in [6.07, 6.45) is 13.9. The summed E-state index contributed by atoms with van der Waals surface area (Å²) in [4.78, 5) is 24.0. The number of unbranched alkanes of at least 4 members (excludes halogenated alkanes) is 5. The maximum absolute atomic E-state index is 12.4. The molecule has 120 valence electrons. The molecule has 0 bridgehead atoms. The van der Waals surface area contributed by atoms with Crippen molar-refractivity contribution in [2.24, 2.45) is 5.92 Å². The molecular formula is C17H30N2O2. The van der Waals surface area contributed by atoms with Gasteiger partial charge in [0.2, 0.25) is 0 Å². The van der Waals surface area contributed by atoms with Crippen molar-refractivity contribution >= 4 is 11.9 Å². The average Bonchev–Trinajstić information content (AvgIpc) is 2.79. The highest BCUT2D eigenvalue weighted by Gasteiger charge is 2.50. The molecule has 3 amide bonds. The first-order chi connectivity index (χ1) is 10.2. The van der Waals surface area contributed by atoms with E-state index < -0.39 is 5.54 Å². The Morgan fingerprint density at radius 2 is 1.67 bits per heavy atom. The van der Waals surface area contributed by atoms with Crippen LogP contribution in [0.2, 0.25) is 0 Å². The third-order valence-corrected chi connectivity index (χ3v) is 5.20. The zero-order chi connectivity index (χ0) is 15.1. The number of imide groups is 1. The zero-order valence-corrected chi connectivity index (χ0v) is 13.4. The quantitative estimate of drug-likeness (QED) is 0.527. The predicted molar refractivity (Wildman–Crippen MR) is 84.0 cm³/mol. The van der Waals surface area contributed by atoms with Gasteiger partial charge in [-0.25, -0.2) is 4.79 Å². The first kappa shape index (κ1) is 16.3. The molecular weight excluding hydrogens is 264 g/mol. The fourth-order valence-electron chi connectivity index (χ4n) is 3.95. The van der Waals surface area contributed by atoms with E-state index in [0.29, 0.717) is 5.92 Å². The average molecular weight is 294 g/mol. The third kappa shape index (κ3) is 3.98. The van der Waals surface area contributed by atoms with Crippen molar-refractivity contribution in [3.8, 4) is 0 Å². The van der Waals surface area contributed by atoms with Crippen LogP contribution in [0.4, 0.5) is 4.79 Å². The lowest BCUT2D eigenvalue weighted by Crippen LogP contribution is -2.53. The number of carbonyl (C=O) groups is 2.